The van der Waals surface area contributed by atoms with Crippen LogP contribution in [0, 0.1) is 10.1 Å². The van der Waals surface area contributed by atoms with E-state index in [9.17, 15) is 14.9 Å². The van der Waals surface area contributed by atoms with E-state index in [1.54, 1.807) is 25.9 Å². The van der Waals surface area contributed by atoms with Gasteiger partial charge in [0.1, 0.15) is 15.9 Å². The molecule has 2 aromatic heterocycles. The Morgan fingerprint density at radius 3 is 2.91 bits per heavy atom. The Kier molecular flexibility index (Phi) is 4.66. The van der Waals surface area contributed by atoms with Crippen molar-refractivity contribution in [2.45, 2.75) is 6.92 Å². The van der Waals surface area contributed by atoms with Crippen molar-refractivity contribution in [2.75, 3.05) is 20.7 Å². The number of aliphatic imine (C=N–C) groups is 1. The molecule has 2 aromatic rings. The Morgan fingerprint density at radius 2 is 2.32 bits per heavy atom. The predicted octanol–water partition coefficient (Wildman–Crippen LogP) is 2.60. The molecule has 2 heterocycles. The van der Waals surface area contributed by atoms with Crippen molar-refractivity contribution in [1.82, 2.24) is 9.88 Å². The number of carbonyl (C=O) groups excluding carboxylic acids is 1. The van der Waals surface area contributed by atoms with Crippen LogP contribution in [0.2, 0.25) is 0 Å². The molecule has 0 N–H and O–H groups in total. The number of nitrogens with zero attached hydrogens (tertiary/aromatic N) is 4. The van der Waals surface area contributed by atoms with Crippen LogP contribution in [0.1, 0.15) is 16.6 Å². The number of fused-ring (bicyclic) bond motifs is 1. The number of aromatic nitrogens is 1. The van der Waals surface area contributed by atoms with Crippen molar-refractivity contribution >= 4 is 45.2 Å². The minimum Gasteiger partial charge on any atom is -0.462 e. The number of hydrogen-bond donors (Lipinski definition) is 0. The fourth-order valence-corrected chi connectivity index (χ4v) is 2.66. The summed E-state index contributed by atoms with van der Waals surface area (Å²) < 4.78 is 5.00. The lowest BCUT2D eigenvalue weighted by Gasteiger charge is -2.03. The quantitative estimate of drug-likeness (QED) is 0.276. The second-order valence-corrected chi connectivity index (χ2v) is 5.51. The zero-order valence-electron chi connectivity index (χ0n) is 12.3. The second kappa shape index (κ2) is 6.48. The van der Waals surface area contributed by atoms with E-state index in [4.69, 9.17) is 4.74 Å². The van der Waals surface area contributed by atoms with Gasteiger partial charge < -0.3 is 9.64 Å². The number of carbonyl (C=O) groups is 1. The van der Waals surface area contributed by atoms with Gasteiger partial charge in [-0.05, 0) is 6.92 Å². The van der Waals surface area contributed by atoms with Crippen LogP contribution in [0.25, 0.3) is 10.2 Å². The normalized spacial score (nSPS) is 11.0. The Bertz CT molecular complexity index is 754. The van der Waals surface area contributed by atoms with E-state index >= 15 is 0 Å². The Morgan fingerprint density at radius 1 is 1.59 bits per heavy atom. The number of hydrogen-bond acceptors (Lipinski definition) is 7. The topological polar surface area (TPSA) is 97.9 Å². The molecule has 22 heavy (non-hydrogen) atoms. The van der Waals surface area contributed by atoms with Crippen LogP contribution in [-0.4, -0.2) is 47.8 Å². The first-order valence-electron chi connectivity index (χ1n) is 6.38. The monoisotopic (exact) mass is 322 g/mol. The van der Waals surface area contributed by atoms with Crippen LogP contribution in [0.5, 0.6) is 0 Å². The van der Waals surface area contributed by atoms with Crippen molar-refractivity contribution in [2.24, 2.45) is 4.99 Å². The summed E-state index contributed by atoms with van der Waals surface area (Å²) in [6.07, 6.45) is 2.68. The van der Waals surface area contributed by atoms with Crippen molar-refractivity contribution in [3.8, 4) is 0 Å². The summed E-state index contributed by atoms with van der Waals surface area (Å²) in [6, 6.07) is 1.36. The third-order valence-electron chi connectivity index (χ3n) is 2.60. The molecule has 2 rings (SSSR count). The summed E-state index contributed by atoms with van der Waals surface area (Å²) in [6.45, 7) is 1.94. The molecule has 0 unspecified atom stereocenters. The number of thiophene rings is 1. The molecule has 8 nitrogen and oxygen atoms in total. The number of nitro groups is 1. The Hall–Kier alpha value is -2.55. The van der Waals surface area contributed by atoms with Crippen LogP contribution in [0.3, 0.4) is 0 Å². The summed E-state index contributed by atoms with van der Waals surface area (Å²) in [5, 5.41) is 11.4. The zero-order valence-corrected chi connectivity index (χ0v) is 13.1. The minimum atomic E-state index is -0.534. The van der Waals surface area contributed by atoms with Crippen LogP contribution >= 0.6 is 11.3 Å². The zero-order chi connectivity index (χ0) is 16.3. The minimum absolute atomic E-state index is 0.151. The molecule has 0 fully saturated rings. The first-order valence-corrected chi connectivity index (χ1v) is 7.20. The van der Waals surface area contributed by atoms with Gasteiger partial charge >= 0.3 is 5.97 Å². The van der Waals surface area contributed by atoms with Gasteiger partial charge in [0.25, 0.3) is 5.69 Å². The molecule has 0 aliphatic carbocycles. The maximum Gasteiger partial charge on any atom is 0.350 e. The van der Waals surface area contributed by atoms with Gasteiger partial charge in [0.05, 0.1) is 23.6 Å². The molecule has 0 spiro atoms. The lowest BCUT2D eigenvalue weighted by molar-refractivity contribution is -0.385. The molecular formula is C13H14N4O4S. The van der Waals surface area contributed by atoms with E-state index in [0.717, 1.165) is 17.5 Å². The lowest BCUT2D eigenvalue weighted by Crippen LogP contribution is -2.07. The van der Waals surface area contributed by atoms with Gasteiger partial charge in [0.2, 0.25) is 0 Å². The van der Waals surface area contributed by atoms with E-state index in [2.05, 4.69) is 9.98 Å². The molecule has 0 saturated carbocycles. The van der Waals surface area contributed by atoms with Crippen LogP contribution < -0.4 is 0 Å². The van der Waals surface area contributed by atoms with Gasteiger partial charge in [-0.15, -0.1) is 11.3 Å². The van der Waals surface area contributed by atoms with Crippen LogP contribution in [0.4, 0.5) is 11.4 Å². The average Bonchev–Trinajstić information content (AvgIpc) is 2.83. The average molecular weight is 322 g/mol. The van der Waals surface area contributed by atoms with Crippen molar-refractivity contribution in [1.29, 1.82) is 0 Å². The summed E-state index contributed by atoms with van der Waals surface area (Å²) in [7, 11) is 3.56. The molecule has 9 heteroatoms. The highest BCUT2D eigenvalue weighted by Crippen LogP contribution is 2.38. The summed E-state index contributed by atoms with van der Waals surface area (Å²) in [5.74, 6) is -0.515. The fraction of sp³-hybridized carbons (Fsp3) is 0.308. The van der Waals surface area contributed by atoms with Gasteiger partial charge in [0, 0.05) is 25.5 Å². The lowest BCUT2D eigenvalue weighted by atomic mass is 10.2. The molecule has 0 aliphatic rings. The molecule has 0 amide bonds. The molecule has 0 aromatic carbocycles. The third-order valence-corrected chi connectivity index (χ3v) is 3.68. The van der Waals surface area contributed by atoms with E-state index < -0.39 is 10.9 Å². The third kappa shape index (κ3) is 3.19. The highest BCUT2D eigenvalue weighted by atomic mass is 32.1. The summed E-state index contributed by atoms with van der Waals surface area (Å²) in [4.78, 5) is 33.2. The van der Waals surface area contributed by atoms with Crippen LogP contribution in [0.15, 0.2) is 17.3 Å². The largest absolute Gasteiger partial charge is 0.462 e. The van der Waals surface area contributed by atoms with Crippen molar-refractivity contribution < 1.29 is 14.5 Å². The molecule has 0 saturated heterocycles. The maximum absolute atomic E-state index is 12.0. The van der Waals surface area contributed by atoms with Gasteiger partial charge in [-0.3, -0.25) is 10.1 Å². The number of pyridine rings is 1. The number of ether oxygens (including phenoxy) is 1. The van der Waals surface area contributed by atoms with Gasteiger partial charge in [0.15, 0.2) is 0 Å². The SMILES string of the molecule is CCOC(=O)c1sc2ncc([N+](=O)[O-])cc2c1N=CN(C)C. The predicted molar refractivity (Wildman–Crippen MR) is 84.1 cm³/mol. The van der Waals surface area contributed by atoms with E-state index in [0.29, 0.717) is 15.9 Å². The molecular weight excluding hydrogens is 308 g/mol. The van der Waals surface area contributed by atoms with E-state index in [-0.39, 0.29) is 17.2 Å². The summed E-state index contributed by atoms with van der Waals surface area (Å²) >= 11 is 1.10. The number of esters is 1. The molecule has 0 bridgehead atoms. The fourth-order valence-electron chi connectivity index (χ4n) is 1.70. The van der Waals surface area contributed by atoms with Gasteiger partial charge in [-0.1, -0.05) is 0 Å². The van der Waals surface area contributed by atoms with Crippen molar-refractivity contribution in [3.63, 3.8) is 0 Å². The smallest absolute Gasteiger partial charge is 0.350 e. The molecule has 0 aliphatic heterocycles. The van der Waals surface area contributed by atoms with E-state index in [1.165, 1.54) is 12.4 Å². The van der Waals surface area contributed by atoms with E-state index in [1.807, 2.05) is 0 Å². The molecule has 0 radical (unpaired) electrons. The Balaban J connectivity index is 2.65. The van der Waals surface area contributed by atoms with Crippen LogP contribution in [-0.2, 0) is 4.74 Å². The molecule has 116 valence electrons. The van der Waals surface area contributed by atoms with Crippen molar-refractivity contribution in [3.05, 3.63) is 27.3 Å². The number of rotatable bonds is 5. The first-order chi connectivity index (χ1) is 10.4. The maximum atomic E-state index is 12.0. The standard InChI is InChI=1S/C13H14N4O4S/c1-4-21-13(18)11-10(15-7-16(2)3)9-5-8(17(19)20)6-14-12(9)22-11/h5-7H,4H2,1-3H3. The second-order valence-electron chi connectivity index (χ2n) is 4.51. The first kappa shape index (κ1) is 15.8. The van der Waals surface area contributed by atoms with Gasteiger partial charge in [-0.25, -0.2) is 14.8 Å². The highest BCUT2D eigenvalue weighted by Gasteiger charge is 2.22. The molecule has 0 atom stereocenters. The van der Waals surface area contributed by atoms with Gasteiger partial charge in [-0.2, -0.15) is 0 Å². The highest BCUT2D eigenvalue weighted by molar-refractivity contribution is 7.21. The summed E-state index contributed by atoms with van der Waals surface area (Å²) in [5.41, 5.74) is 0.186. The Labute approximate surface area is 130 Å².